The molecule has 0 bridgehead atoms. The molecule has 0 rings (SSSR count). The predicted molar refractivity (Wildman–Crippen MR) is 201 cm³/mol. The van der Waals surface area contributed by atoms with E-state index in [1.165, 1.54) is 77.0 Å². The Morgan fingerprint density at radius 2 is 1.04 bits per heavy atom. The number of aliphatic hydroxyl groups excluding tert-OH is 2. The number of esters is 2. The molecule has 294 valence electrons. The summed E-state index contributed by atoms with van der Waals surface area (Å²) in [6, 6.07) is 0. The van der Waals surface area contributed by atoms with Gasteiger partial charge in [-0.05, 0) is 44.9 Å². The van der Waals surface area contributed by atoms with E-state index < -0.39 is 51.8 Å². The van der Waals surface area contributed by atoms with Gasteiger partial charge in [0.1, 0.15) is 12.7 Å². The Morgan fingerprint density at radius 3 is 1.54 bits per heavy atom. The number of unbranched alkanes of at least 4 members (excludes halogenated alkanes) is 19. The van der Waals surface area contributed by atoms with Gasteiger partial charge in [0.15, 0.2) is 6.10 Å². The summed E-state index contributed by atoms with van der Waals surface area (Å²) in [5.41, 5.74) is 0. The SMILES string of the molecule is CCCCCCC/C=C\C/C=C\CCCCCCCCCCCC(=O)OC(COC(=O)CCCCCCCC)COP(=O)(O)OCC(O)CO. The van der Waals surface area contributed by atoms with Crippen molar-refractivity contribution in [2.24, 2.45) is 0 Å². The molecule has 0 spiro atoms. The molecule has 3 unspecified atom stereocenters. The van der Waals surface area contributed by atoms with E-state index in [2.05, 4.69) is 42.7 Å². The molecule has 0 aromatic carbocycles. The number of ether oxygens (including phenoxy) is 2. The molecule has 0 amide bonds. The van der Waals surface area contributed by atoms with Crippen molar-refractivity contribution in [3.63, 3.8) is 0 Å². The fraction of sp³-hybridized carbons (Fsp3) is 0.846. The van der Waals surface area contributed by atoms with Crippen LogP contribution in [0.5, 0.6) is 0 Å². The Balaban J connectivity index is 4.17. The lowest BCUT2D eigenvalue weighted by Crippen LogP contribution is -2.29. The smallest absolute Gasteiger partial charge is 0.462 e. The van der Waals surface area contributed by atoms with Crippen molar-refractivity contribution < 1.29 is 47.8 Å². The van der Waals surface area contributed by atoms with Gasteiger partial charge in [-0.2, -0.15) is 0 Å². The van der Waals surface area contributed by atoms with E-state index in [1.807, 2.05) is 0 Å². The second-order valence-corrected chi connectivity index (χ2v) is 14.8. The Kier molecular flexibility index (Phi) is 34.7. The van der Waals surface area contributed by atoms with Crippen molar-refractivity contribution in [1.29, 1.82) is 0 Å². The summed E-state index contributed by atoms with van der Waals surface area (Å²) in [5, 5.41) is 18.2. The van der Waals surface area contributed by atoms with Crippen LogP contribution in [0, 0.1) is 0 Å². The Morgan fingerprint density at radius 1 is 0.600 bits per heavy atom. The van der Waals surface area contributed by atoms with Gasteiger partial charge in [0.05, 0.1) is 19.8 Å². The zero-order valence-corrected chi connectivity index (χ0v) is 32.5. The first-order chi connectivity index (χ1) is 24.2. The normalized spacial score (nSPS) is 14.3. The van der Waals surface area contributed by atoms with E-state index in [4.69, 9.17) is 19.1 Å². The number of aliphatic hydroxyl groups is 2. The van der Waals surface area contributed by atoms with Crippen LogP contribution in [0.25, 0.3) is 0 Å². The zero-order valence-electron chi connectivity index (χ0n) is 31.6. The van der Waals surface area contributed by atoms with Crippen LogP contribution in [-0.2, 0) is 32.7 Å². The molecule has 0 saturated heterocycles. The molecule has 0 aromatic heterocycles. The van der Waals surface area contributed by atoms with E-state index >= 15 is 0 Å². The van der Waals surface area contributed by atoms with Gasteiger partial charge in [0.25, 0.3) is 0 Å². The molecule has 0 saturated carbocycles. The van der Waals surface area contributed by atoms with Gasteiger partial charge in [-0.15, -0.1) is 0 Å². The molecule has 0 aliphatic rings. The molecule has 10 nitrogen and oxygen atoms in total. The molecule has 50 heavy (non-hydrogen) atoms. The van der Waals surface area contributed by atoms with Crippen molar-refractivity contribution in [2.75, 3.05) is 26.4 Å². The van der Waals surface area contributed by atoms with Crippen LogP contribution in [0.2, 0.25) is 0 Å². The fourth-order valence-corrected chi connectivity index (χ4v) is 6.05. The summed E-state index contributed by atoms with van der Waals surface area (Å²) >= 11 is 0. The zero-order chi connectivity index (χ0) is 37.0. The lowest BCUT2D eigenvalue weighted by molar-refractivity contribution is -0.161. The first-order valence-corrected chi connectivity index (χ1v) is 21.3. The highest BCUT2D eigenvalue weighted by molar-refractivity contribution is 7.47. The number of hydrogen-bond acceptors (Lipinski definition) is 9. The quantitative estimate of drug-likeness (QED) is 0.0244. The van der Waals surface area contributed by atoms with Gasteiger partial charge >= 0.3 is 19.8 Å². The number of carbonyl (C=O) groups is 2. The maximum absolute atomic E-state index is 12.5. The largest absolute Gasteiger partial charge is 0.472 e. The molecule has 0 aliphatic carbocycles. The highest BCUT2D eigenvalue weighted by Crippen LogP contribution is 2.43. The van der Waals surface area contributed by atoms with Crippen LogP contribution in [0.4, 0.5) is 0 Å². The molecular formula is C39H73O10P. The highest BCUT2D eigenvalue weighted by atomic mass is 31.2. The molecule has 11 heteroatoms. The number of hydrogen-bond donors (Lipinski definition) is 3. The summed E-state index contributed by atoms with van der Waals surface area (Å²) in [6.45, 7) is 2.28. The Hall–Kier alpha value is -1.55. The molecule has 3 N–H and O–H groups in total. The lowest BCUT2D eigenvalue weighted by Gasteiger charge is -2.20. The van der Waals surface area contributed by atoms with Crippen LogP contribution in [0.1, 0.15) is 174 Å². The van der Waals surface area contributed by atoms with E-state index in [0.717, 1.165) is 57.8 Å². The highest BCUT2D eigenvalue weighted by Gasteiger charge is 2.27. The van der Waals surface area contributed by atoms with Gasteiger partial charge in [-0.1, -0.05) is 141 Å². The minimum absolute atomic E-state index is 0.181. The van der Waals surface area contributed by atoms with Gasteiger partial charge in [0.2, 0.25) is 0 Å². The van der Waals surface area contributed by atoms with Crippen molar-refractivity contribution in [2.45, 2.75) is 187 Å². The summed E-state index contributed by atoms with van der Waals surface area (Å²) in [6.07, 6.45) is 33.3. The number of allylic oxidation sites excluding steroid dienone is 4. The Labute approximate surface area is 304 Å². The third-order valence-electron chi connectivity index (χ3n) is 8.36. The fourth-order valence-electron chi connectivity index (χ4n) is 5.26. The molecule has 0 aliphatic heterocycles. The summed E-state index contributed by atoms with van der Waals surface area (Å²) in [5.74, 6) is -0.937. The second kappa shape index (κ2) is 35.8. The minimum atomic E-state index is -4.60. The van der Waals surface area contributed by atoms with E-state index in [9.17, 15) is 24.2 Å². The predicted octanol–water partition coefficient (Wildman–Crippen LogP) is 9.83. The van der Waals surface area contributed by atoms with Crippen molar-refractivity contribution >= 4 is 19.8 Å². The number of rotatable bonds is 37. The third-order valence-corrected chi connectivity index (χ3v) is 9.31. The van der Waals surface area contributed by atoms with Crippen LogP contribution in [0.3, 0.4) is 0 Å². The van der Waals surface area contributed by atoms with Crippen LogP contribution in [0.15, 0.2) is 24.3 Å². The first kappa shape index (κ1) is 48.5. The summed E-state index contributed by atoms with van der Waals surface area (Å²) in [7, 11) is -4.60. The number of phosphoric acid groups is 1. The van der Waals surface area contributed by atoms with E-state index in [1.54, 1.807) is 0 Å². The molecule has 0 heterocycles. The molecular weight excluding hydrogens is 659 g/mol. The van der Waals surface area contributed by atoms with Crippen molar-refractivity contribution in [3.8, 4) is 0 Å². The number of carbonyl (C=O) groups excluding carboxylic acids is 2. The minimum Gasteiger partial charge on any atom is -0.462 e. The summed E-state index contributed by atoms with van der Waals surface area (Å²) < 4.78 is 32.4. The molecule has 0 fully saturated rings. The molecule has 0 radical (unpaired) electrons. The number of phosphoric ester groups is 1. The molecule has 0 aromatic rings. The standard InChI is InChI=1S/C39H73O10P/c1-3-5-7-9-11-12-13-14-15-16-17-18-19-20-21-22-23-24-25-27-29-31-39(43)49-37(35-48-50(44,45)47-33-36(41)32-40)34-46-38(42)30-28-26-10-8-6-4-2/h13-14,16-17,36-37,40-41H,3-12,15,18-35H2,1-2H3,(H,44,45)/b14-13-,17-16-. The monoisotopic (exact) mass is 732 g/mol. The first-order valence-electron chi connectivity index (χ1n) is 19.8. The second-order valence-electron chi connectivity index (χ2n) is 13.3. The van der Waals surface area contributed by atoms with Crippen LogP contribution < -0.4 is 0 Å². The molecule has 3 atom stereocenters. The topological polar surface area (TPSA) is 149 Å². The van der Waals surface area contributed by atoms with Crippen molar-refractivity contribution in [1.82, 2.24) is 0 Å². The van der Waals surface area contributed by atoms with Crippen molar-refractivity contribution in [3.05, 3.63) is 24.3 Å². The van der Waals surface area contributed by atoms with Gasteiger partial charge in [-0.3, -0.25) is 18.6 Å². The van der Waals surface area contributed by atoms with Crippen LogP contribution in [-0.4, -0.2) is 65.7 Å². The third kappa shape index (κ3) is 34.9. The average molecular weight is 733 g/mol. The lowest BCUT2D eigenvalue weighted by atomic mass is 10.1. The van der Waals surface area contributed by atoms with Gasteiger partial charge in [0, 0.05) is 12.8 Å². The maximum atomic E-state index is 12.5. The Bertz CT molecular complexity index is 894. The van der Waals surface area contributed by atoms with Gasteiger partial charge < -0.3 is 24.6 Å². The van der Waals surface area contributed by atoms with E-state index in [-0.39, 0.29) is 19.4 Å². The van der Waals surface area contributed by atoms with E-state index in [0.29, 0.717) is 12.8 Å². The summed E-state index contributed by atoms with van der Waals surface area (Å²) in [4.78, 5) is 34.6. The average Bonchev–Trinajstić information content (AvgIpc) is 3.10. The van der Waals surface area contributed by atoms with Gasteiger partial charge in [-0.25, -0.2) is 4.57 Å². The maximum Gasteiger partial charge on any atom is 0.472 e. The van der Waals surface area contributed by atoms with Crippen LogP contribution >= 0.6 is 7.82 Å².